The fourth-order valence-electron chi connectivity index (χ4n) is 3.47. The lowest BCUT2D eigenvalue weighted by atomic mass is 10.1. The van der Waals surface area contributed by atoms with Gasteiger partial charge in [0.05, 0.1) is 5.56 Å². The lowest BCUT2D eigenvalue weighted by molar-refractivity contribution is -0.137. The topological polar surface area (TPSA) is 49.4 Å². The molecule has 29 heavy (non-hydrogen) atoms. The van der Waals surface area contributed by atoms with Gasteiger partial charge in [0, 0.05) is 18.7 Å². The predicted octanol–water partition coefficient (Wildman–Crippen LogP) is 4.32. The predicted molar refractivity (Wildman–Crippen MR) is 103 cm³/mol. The standard InChI is InChI=1S/C22H23F3N2O2/c1-15-7-2-3-8-17(15)14-27-12-5-4-11-19(21(27)29)26-20(28)16-9-6-10-18(13-16)22(23,24)25/h2-3,6-10,13,19H,4-5,11-12,14H2,1H3,(H,26,28). The molecule has 0 bridgehead atoms. The number of benzene rings is 2. The van der Waals surface area contributed by atoms with Crippen LogP contribution in [0.1, 0.15) is 46.3 Å². The summed E-state index contributed by atoms with van der Waals surface area (Å²) >= 11 is 0. The Kier molecular flexibility index (Phi) is 6.25. The van der Waals surface area contributed by atoms with Gasteiger partial charge in [-0.1, -0.05) is 30.3 Å². The number of carbonyl (C=O) groups excluding carboxylic acids is 2. The van der Waals surface area contributed by atoms with Crippen LogP contribution in [0.15, 0.2) is 48.5 Å². The van der Waals surface area contributed by atoms with Crippen molar-refractivity contribution in [2.45, 2.75) is 44.9 Å². The molecule has 3 rings (SSSR count). The SMILES string of the molecule is Cc1ccccc1CN1CCCCC(NC(=O)c2cccc(C(F)(F)F)c2)C1=O. The minimum atomic E-state index is -4.53. The maximum atomic E-state index is 13.0. The van der Waals surface area contributed by atoms with Crippen molar-refractivity contribution in [3.05, 3.63) is 70.8 Å². The highest BCUT2D eigenvalue weighted by Crippen LogP contribution is 2.29. The van der Waals surface area contributed by atoms with E-state index in [1.165, 1.54) is 12.1 Å². The molecule has 0 aromatic heterocycles. The molecule has 4 nitrogen and oxygen atoms in total. The van der Waals surface area contributed by atoms with Gasteiger partial charge < -0.3 is 10.2 Å². The molecule has 1 atom stereocenters. The summed E-state index contributed by atoms with van der Waals surface area (Å²) in [6.07, 6.45) is -2.50. The number of amides is 2. The molecular weight excluding hydrogens is 381 g/mol. The Balaban J connectivity index is 1.73. The zero-order valence-electron chi connectivity index (χ0n) is 16.1. The molecule has 154 valence electrons. The molecular formula is C22H23F3N2O2. The number of rotatable bonds is 4. The molecule has 1 aliphatic heterocycles. The highest BCUT2D eigenvalue weighted by molar-refractivity contribution is 5.97. The van der Waals surface area contributed by atoms with Gasteiger partial charge in [-0.2, -0.15) is 13.2 Å². The highest BCUT2D eigenvalue weighted by atomic mass is 19.4. The molecule has 2 aromatic carbocycles. The highest BCUT2D eigenvalue weighted by Gasteiger charge is 2.32. The Morgan fingerprint density at radius 2 is 1.90 bits per heavy atom. The molecule has 2 amide bonds. The summed E-state index contributed by atoms with van der Waals surface area (Å²) in [5, 5.41) is 2.64. The normalized spacial score (nSPS) is 17.7. The summed E-state index contributed by atoms with van der Waals surface area (Å²) in [6, 6.07) is 11.3. The van der Waals surface area contributed by atoms with Gasteiger partial charge in [-0.05, 0) is 55.5 Å². The van der Waals surface area contributed by atoms with Crippen LogP contribution in [-0.2, 0) is 17.5 Å². The van der Waals surface area contributed by atoms with E-state index in [-0.39, 0.29) is 11.5 Å². The van der Waals surface area contributed by atoms with Crippen LogP contribution in [0.4, 0.5) is 13.2 Å². The van der Waals surface area contributed by atoms with E-state index in [0.717, 1.165) is 36.1 Å². The first kappa shape index (κ1) is 20.9. The number of halogens is 3. The van der Waals surface area contributed by atoms with Crippen LogP contribution in [0.3, 0.4) is 0 Å². The van der Waals surface area contributed by atoms with E-state index >= 15 is 0 Å². The first-order chi connectivity index (χ1) is 13.8. The van der Waals surface area contributed by atoms with Gasteiger partial charge in [0.1, 0.15) is 6.04 Å². The number of nitrogens with zero attached hydrogens (tertiary/aromatic N) is 1. The lowest BCUT2D eigenvalue weighted by Gasteiger charge is -2.25. The quantitative estimate of drug-likeness (QED) is 0.825. The fraction of sp³-hybridized carbons (Fsp3) is 0.364. The van der Waals surface area contributed by atoms with E-state index in [0.29, 0.717) is 19.5 Å². The first-order valence-corrected chi connectivity index (χ1v) is 9.57. The van der Waals surface area contributed by atoms with Crippen molar-refractivity contribution < 1.29 is 22.8 Å². The van der Waals surface area contributed by atoms with E-state index in [4.69, 9.17) is 0 Å². The summed E-state index contributed by atoms with van der Waals surface area (Å²) in [5.41, 5.74) is 1.11. The maximum absolute atomic E-state index is 13.0. The van der Waals surface area contributed by atoms with Gasteiger partial charge in [0.25, 0.3) is 5.91 Å². The molecule has 1 fully saturated rings. The zero-order chi connectivity index (χ0) is 21.0. The molecule has 2 aromatic rings. The summed E-state index contributed by atoms with van der Waals surface area (Å²) in [7, 11) is 0. The van der Waals surface area contributed by atoms with Gasteiger partial charge in [-0.25, -0.2) is 0 Å². The summed E-state index contributed by atoms with van der Waals surface area (Å²) in [6.45, 7) is 3.01. The van der Waals surface area contributed by atoms with Crippen LogP contribution < -0.4 is 5.32 Å². The lowest BCUT2D eigenvalue weighted by Crippen LogP contribution is -2.47. The summed E-state index contributed by atoms with van der Waals surface area (Å²) in [4.78, 5) is 27.2. The molecule has 0 saturated carbocycles. The van der Waals surface area contributed by atoms with Crippen molar-refractivity contribution in [3.8, 4) is 0 Å². The van der Waals surface area contributed by atoms with Crippen LogP contribution in [0, 0.1) is 6.92 Å². The molecule has 1 saturated heterocycles. The van der Waals surface area contributed by atoms with Crippen LogP contribution in [0.5, 0.6) is 0 Å². The zero-order valence-corrected chi connectivity index (χ0v) is 16.1. The van der Waals surface area contributed by atoms with Crippen LogP contribution in [-0.4, -0.2) is 29.3 Å². The Bertz CT molecular complexity index is 896. The molecule has 1 heterocycles. The smallest absolute Gasteiger partial charge is 0.340 e. The van der Waals surface area contributed by atoms with Gasteiger partial charge in [0.2, 0.25) is 5.91 Å². The number of hydrogen-bond donors (Lipinski definition) is 1. The van der Waals surface area contributed by atoms with Crippen molar-refractivity contribution in [2.75, 3.05) is 6.54 Å². The fourth-order valence-corrected chi connectivity index (χ4v) is 3.47. The second-order valence-electron chi connectivity index (χ2n) is 7.29. The average molecular weight is 404 g/mol. The van der Waals surface area contributed by atoms with Crippen LogP contribution >= 0.6 is 0 Å². The van der Waals surface area contributed by atoms with Crippen LogP contribution in [0.2, 0.25) is 0 Å². The maximum Gasteiger partial charge on any atom is 0.416 e. The van der Waals surface area contributed by atoms with Crippen molar-refractivity contribution in [2.24, 2.45) is 0 Å². The number of alkyl halides is 3. The third kappa shape index (κ3) is 5.16. The Morgan fingerprint density at radius 3 is 2.62 bits per heavy atom. The number of likely N-dealkylation sites (tertiary alicyclic amines) is 1. The molecule has 0 radical (unpaired) electrons. The monoisotopic (exact) mass is 404 g/mol. The van der Waals surface area contributed by atoms with Crippen LogP contribution in [0.25, 0.3) is 0 Å². The van der Waals surface area contributed by atoms with E-state index in [1.54, 1.807) is 4.90 Å². The van der Waals surface area contributed by atoms with Crippen molar-refractivity contribution in [1.29, 1.82) is 0 Å². The first-order valence-electron chi connectivity index (χ1n) is 9.57. The Hall–Kier alpha value is -2.83. The third-order valence-electron chi connectivity index (χ3n) is 5.16. The Labute approximate surface area is 167 Å². The van der Waals surface area contributed by atoms with E-state index < -0.39 is 23.7 Å². The van der Waals surface area contributed by atoms with Crippen molar-refractivity contribution in [1.82, 2.24) is 10.2 Å². The molecule has 0 aliphatic carbocycles. The van der Waals surface area contributed by atoms with Crippen molar-refractivity contribution >= 4 is 11.8 Å². The number of carbonyl (C=O) groups is 2. The van der Waals surface area contributed by atoms with Gasteiger partial charge in [0.15, 0.2) is 0 Å². The van der Waals surface area contributed by atoms with E-state index in [9.17, 15) is 22.8 Å². The molecule has 1 unspecified atom stereocenters. The van der Waals surface area contributed by atoms with E-state index in [1.807, 2.05) is 31.2 Å². The van der Waals surface area contributed by atoms with Gasteiger partial charge in [-0.15, -0.1) is 0 Å². The molecule has 1 aliphatic rings. The number of aryl methyl sites for hydroxylation is 1. The summed E-state index contributed by atoms with van der Waals surface area (Å²) < 4.78 is 38.7. The Morgan fingerprint density at radius 1 is 1.14 bits per heavy atom. The minimum Gasteiger partial charge on any atom is -0.340 e. The van der Waals surface area contributed by atoms with Gasteiger partial charge in [-0.3, -0.25) is 9.59 Å². The second kappa shape index (κ2) is 8.68. The average Bonchev–Trinajstić information content (AvgIpc) is 2.85. The van der Waals surface area contributed by atoms with E-state index in [2.05, 4.69) is 5.32 Å². The molecule has 1 N–H and O–H groups in total. The summed E-state index contributed by atoms with van der Waals surface area (Å²) in [5.74, 6) is -0.877. The largest absolute Gasteiger partial charge is 0.416 e. The second-order valence-corrected chi connectivity index (χ2v) is 7.29. The third-order valence-corrected chi connectivity index (χ3v) is 5.16. The molecule has 0 spiro atoms. The number of hydrogen-bond acceptors (Lipinski definition) is 2. The van der Waals surface area contributed by atoms with Gasteiger partial charge >= 0.3 is 6.18 Å². The number of nitrogens with one attached hydrogen (secondary N) is 1. The molecule has 7 heteroatoms. The minimum absolute atomic E-state index is 0.109. The van der Waals surface area contributed by atoms with Crippen molar-refractivity contribution in [3.63, 3.8) is 0 Å².